The molecule has 1 aromatic rings. The second kappa shape index (κ2) is 7.53. The van der Waals surface area contributed by atoms with Crippen molar-refractivity contribution in [2.75, 3.05) is 18.9 Å². The van der Waals surface area contributed by atoms with Crippen LogP contribution in [0.5, 0.6) is 0 Å². The van der Waals surface area contributed by atoms with Gasteiger partial charge in [0, 0.05) is 12.2 Å². The average Bonchev–Trinajstić information content (AvgIpc) is 2.35. The number of carbonyl (C=O) groups excluding carboxylic acids is 2. The number of nitrogens with one attached hydrogen (secondary N) is 1. The highest BCUT2D eigenvalue weighted by Gasteiger charge is 2.15. The molecule has 1 aromatic carbocycles. The Bertz CT molecular complexity index is 464. The number of carbonyl (C=O) groups is 2. The van der Waals surface area contributed by atoms with E-state index < -0.39 is 5.97 Å². The fourth-order valence-corrected chi connectivity index (χ4v) is 1.72. The molecule has 3 N–H and O–H groups in total. The number of amides is 1. The minimum absolute atomic E-state index is 0.287. The van der Waals surface area contributed by atoms with E-state index in [0.29, 0.717) is 23.7 Å². The number of hydrogen-bond acceptors (Lipinski definition) is 4. The molecule has 110 valence electrons. The Kier molecular flexibility index (Phi) is 6.03. The fraction of sp³-hybridized carbons (Fsp3) is 0.467. The molecule has 0 aliphatic rings. The first-order valence-corrected chi connectivity index (χ1v) is 6.70. The third-order valence-corrected chi connectivity index (χ3v) is 2.89. The normalized spacial score (nSPS) is 10.4. The molecule has 0 saturated carbocycles. The fourth-order valence-electron chi connectivity index (χ4n) is 1.72. The predicted molar refractivity (Wildman–Crippen MR) is 78.3 cm³/mol. The maximum absolute atomic E-state index is 11.9. The van der Waals surface area contributed by atoms with Gasteiger partial charge in [0.2, 0.25) is 0 Å². The van der Waals surface area contributed by atoms with Gasteiger partial charge in [-0.05, 0) is 30.9 Å². The first-order valence-electron chi connectivity index (χ1n) is 6.70. The van der Waals surface area contributed by atoms with Crippen molar-refractivity contribution in [1.29, 1.82) is 0 Å². The highest BCUT2D eigenvalue weighted by Crippen LogP contribution is 2.17. The van der Waals surface area contributed by atoms with Gasteiger partial charge in [0.05, 0.1) is 5.56 Å². The van der Waals surface area contributed by atoms with Gasteiger partial charge in [-0.3, -0.25) is 4.79 Å². The van der Waals surface area contributed by atoms with Crippen molar-refractivity contribution in [3.63, 3.8) is 0 Å². The Morgan fingerprint density at radius 1 is 1.35 bits per heavy atom. The van der Waals surface area contributed by atoms with Crippen molar-refractivity contribution in [2.45, 2.75) is 27.2 Å². The van der Waals surface area contributed by atoms with Crippen molar-refractivity contribution < 1.29 is 14.3 Å². The third kappa shape index (κ3) is 4.91. The van der Waals surface area contributed by atoms with Gasteiger partial charge in [0.15, 0.2) is 6.61 Å². The Hall–Kier alpha value is -2.04. The lowest BCUT2D eigenvalue weighted by atomic mass is 10.1. The number of ether oxygens (including phenoxy) is 1. The number of nitrogen functional groups attached to an aromatic ring is 1. The molecule has 0 atom stereocenters. The Balaban J connectivity index is 2.45. The highest BCUT2D eigenvalue weighted by molar-refractivity contribution is 5.97. The van der Waals surface area contributed by atoms with Crippen LogP contribution in [-0.2, 0) is 9.53 Å². The van der Waals surface area contributed by atoms with Gasteiger partial charge in [-0.1, -0.05) is 26.0 Å². The molecule has 0 spiro atoms. The molecule has 0 bridgehead atoms. The number of hydrogen-bond donors (Lipinski definition) is 2. The van der Waals surface area contributed by atoms with Crippen LogP contribution in [0.1, 0.15) is 36.2 Å². The predicted octanol–water partition coefficient (Wildman–Crippen LogP) is 1.90. The summed E-state index contributed by atoms with van der Waals surface area (Å²) >= 11 is 0. The first-order chi connectivity index (χ1) is 9.41. The molecule has 0 unspecified atom stereocenters. The van der Waals surface area contributed by atoms with Crippen molar-refractivity contribution in [3.8, 4) is 0 Å². The van der Waals surface area contributed by atoms with Gasteiger partial charge < -0.3 is 15.8 Å². The number of benzene rings is 1. The summed E-state index contributed by atoms with van der Waals surface area (Å²) in [6, 6.07) is 5.17. The van der Waals surface area contributed by atoms with E-state index >= 15 is 0 Å². The van der Waals surface area contributed by atoms with Crippen LogP contribution >= 0.6 is 0 Å². The Labute approximate surface area is 119 Å². The topological polar surface area (TPSA) is 81.4 Å². The molecule has 1 amide bonds. The molecule has 0 heterocycles. The van der Waals surface area contributed by atoms with Crippen LogP contribution in [0.4, 0.5) is 5.69 Å². The van der Waals surface area contributed by atoms with Gasteiger partial charge in [-0.2, -0.15) is 0 Å². The summed E-state index contributed by atoms with van der Waals surface area (Å²) in [5.74, 6) is -0.351. The summed E-state index contributed by atoms with van der Waals surface area (Å²) < 4.78 is 4.98. The molecular weight excluding hydrogens is 256 g/mol. The molecule has 0 fully saturated rings. The molecule has 1 rings (SSSR count). The van der Waals surface area contributed by atoms with E-state index in [2.05, 4.69) is 19.2 Å². The number of nitrogens with two attached hydrogens (primary N) is 1. The summed E-state index contributed by atoms with van der Waals surface area (Å²) in [6.45, 7) is 6.22. The quantitative estimate of drug-likeness (QED) is 0.615. The van der Waals surface area contributed by atoms with Crippen LogP contribution in [0.2, 0.25) is 0 Å². The second-order valence-electron chi connectivity index (χ2n) is 5.15. The maximum atomic E-state index is 11.9. The van der Waals surface area contributed by atoms with Gasteiger partial charge in [0.1, 0.15) is 0 Å². The Morgan fingerprint density at radius 3 is 2.65 bits per heavy atom. The van der Waals surface area contributed by atoms with Gasteiger partial charge in [-0.15, -0.1) is 0 Å². The lowest BCUT2D eigenvalue weighted by molar-refractivity contribution is -0.124. The number of esters is 1. The largest absolute Gasteiger partial charge is 0.452 e. The number of rotatable bonds is 6. The molecule has 0 aliphatic carbocycles. The van der Waals surface area contributed by atoms with Crippen LogP contribution < -0.4 is 11.1 Å². The van der Waals surface area contributed by atoms with Gasteiger partial charge >= 0.3 is 5.97 Å². The second-order valence-corrected chi connectivity index (χ2v) is 5.15. The van der Waals surface area contributed by atoms with Crippen LogP contribution in [0.3, 0.4) is 0 Å². The zero-order chi connectivity index (χ0) is 15.1. The molecule has 0 saturated heterocycles. The SMILES string of the molecule is Cc1cccc(N)c1C(=O)OCC(=O)NCCC(C)C. The van der Waals surface area contributed by atoms with E-state index in [9.17, 15) is 9.59 Å². The first kappa shape index (κ1) is 16.0. The van der Waals surface area contributed by atoms with Gasteiger partial charge in [0.25, 0.3) is 5.91 Å². The summed E-state index contributed by atoms with van der Waals surface area (Å²) in [6.07, 6.45) is 0.893. The zero-order valence-electron chi connectivity index (χ0n) is 12.2. The van der Waals surface area contributed by atoms with E-state index in [1.807, 2.05) is 0 Å². The van der Waals surface area contributed by atoms with E-state index in [0.717, 1.165) is 12.0 Å². The van der Waals surface area contributed by atoms with Crippen LogP contribution in [-0.4, -0.2) is 25.0 Å². The number of anilines is 1. The molecule has 5 nitrogen and oxygen atoms in total. The molecule has 0 aliphatic heterocycles. The summed E-state index contributed by atoms with van der Waals surface area (Å²) in [4.78, 5) is 23.4. The van der Waals surface area contributed by atoms with Crippen molar-refractivity contribution in [2.24, 2.45) is 5.92 Å². The van der Waals surface area contributed by atoms with Crippen LogP contribution in [0, 0.1) is 12.8 Å². The monoisotopic (exact) mass is 278 g/mol. The van der Waals surface area contributed by atoms with Crippen molar-refractivity contribution in [3.05, 3.63) is 29.3 Å². The van der Waals surface area contributed by atoms with E-state index in [1.54, 1.807) is 25.1 Å². The van der Waals surface area contributed by atoms with E-state index in [1.165, 1.54) is 0 Å². The number of aryl methyl sites for hydroxylation is 1. The standard InChI is InChI=1S/C15H22N2O3/c1-10(2)7-8-17-13(18)9-20-15(19)14-11(3)5-4-6-12(14)16/h4-6,10H,7-9,16H2,1-3H3,(H,17,18). The maximum Gasteiger partial charge on any atom is 0.341 e. The smallest absolute Gasteiger partial charge is 0.341 e. The lowest BCUT2D eigenvalue weighted by Crippen LogP contribution is -2.30. The molecule has 0 aromatic heterocycles. The average molecular weight is 278 g/mol. The van der Waals surface area contributed by atoms with Crippen LogP contribution in [0.25, 0.3) is 0 Å². The van der Waals surface area contributed by atoms with Crippen LogP contribution in [0.15, 0.2) is 18.2 Å². The molecule has 0 radical (unpaired) electrons. The highest BCUT2D eigenvalue weighted by atomic mass is 16.5. The summed E-state index contributed by atoms with van der Waals surface area (Å²) in [5, 5.41) is 2.70. The van der Waals surface area contributed by atoms with E-state index in [4.69, 9.17) is 10.5 Å². The van der Waals surface area contributed by atoms with Crippen molar-refractivity contribution >= 4 is 17.6 Å². The van der Waals surface area contributed by atoms with Gasteiger partial charge in [-0.25, -0.2) is 4.79 Å². The van der Waals surface area contributed by atoms with E-state index in [-0.39, 0.29) is 12.5 Å². The lowest BCUT2D eigenvalue weighted by Gasteiger charge is -2.10. The third-order valence-electron chi connectivity index (χ3n) is 2.89. The molecule has 5 heteroatoms. The minimum Gasteiger partial charge on any atom is -0.452 e. The van der Waals surface area contributed by atoms with Crippen molar-refractivity contribution in [1.82, 2.24) is 5.32 Å². The molecule has 20 heavy (non-hydrogen) atoms. The molecular formula is C15H22N2O3. The summed E-state index contributed by atoms with van der Waals surface area (Å²) in [5.41, 5.74) is 7.15. The zero-order valence-corrected chi connectivity index (χ0v) is 12.2. The Morgan fingerprint density at radius 2 is 2.05 bits per heavy atom. The minimum atomic E-state index is -0.570. The summed E-state index contributed by atoms with van der Waals surface area (Å²) in [7, 11) is 0.